The fourth-order valence-electron chi connectivity index (χ4n) is 1.52. The van der Waals surface area contributed by atoms with Crippen molar-refractivity contribution in [2.45, 2.75) is 13.3 Å². The van der Waals surface area contributed by atoms with Gasteiger partial charge in [-0.3, -0.25) is 0 Å². The standard InChI is InChI=1S/C9H14N2O2/c1-6-5-7(3-4-10)11(2)8(6)9(12)13/h5H,3-4,10H2,1-2H3,(H,12,13). The maximum atomic E-state index is 10.8. The minimum Gasteiger partial charge on any atom is -0.477 e. The Hall–Kier alpha value is -1.29. The van der Waals surface area contributed by atoms with Crippen LogP contribution in [-0.4, -0.2) is 22.2 Å². The second kappa shape index (κ2) is 3.62. The third-order valence-corrected chi connectivity index (χ3v) is 2.13. The monoisotopic (exact) mass is 182 g/mol. The van der Waals surface area contributed by atoms with Crippen molar-refractivity contribution in [3.05, 3.63) is 23.0 Å². The minimum absolute atomic E-state index is 0.350. The molecule has 1 rings (SSSR count). The summed E-state index contributed by atoms with van der Waals surface area (Å²) in [5.41, 5.74) is 7.51. The zero-order valence-corrected chi connectivity index (χ0v) is 7.87. The van der Waals surface area contributed by atoms with Gasteiger partial charge >= 0.3 is 5.97 Å². The normalized spacial score (nSPS) is 10.4. The SMILES string of the molecule is Cc1cc(CCN)n(C)c1C(=O)O. The molecule has 4 nitrogen and oxygen atoms in total. The van der Waals surface area contributed by atoms with Crippen molar-refractivity contribution in [1.82, 2.24) is 4.57 Å². The summed E-state index contributed by atoms with van der Waals surface area (Å²) in [6.45, 7) is 2.33. The number of hydrogen-bond donors (Lipinski definition) is 2. The van der Waals surface area contributed by atoms with Crippen LogP contribution in [0.4, 0.5) is 0 Å². The van der Waals surface area contributed by atoms with E-state index in [1.54, 1.807) is 18.5 Å². The lowest BCUT2D eigenvalue weighted by Crippen LogP contribution is -2.11. The predicted octanol–water partition coefficient (Wildman–Crippen LogP) is 0.533. The lowest BCUT2D eigenvalue weighted by atomic mass is 10.2. The summed E-state index contributed by atoms with van der Waals surface area (Å²) in [5.74, 6) is -0.886. The third-order valence-electron chi connectivity index (χ3n) is 2.13. The van der Waals surface area contributed by atoms with Crippen molar-refractivity contribution in [3.63, 3.8) is 0 Å². The summed E-state index contributed by atoms with van der Waals surface area (Å²) in [6, 6.07) is 1.87. The van der Waals surface area contributed by atoms with Crippen LogP contribution in [0.5, 0.6) is 0 Å². The molecule has 0 aliphatic rings. The van der Waals surface area contributed by atoms with Gasteiger partial charge < -0.3 is 15.4 Å². The van der Waals surface area contributed by atoms with Crippen LogP contribution in [0.3, 0.4) is 0 Å². The largest absolute Gasteiger partial charge is 0.477 e. The molecule has 0 unspecified atom stereocenters. The Kier molecular flexibility index (Phi) is 2.72. The van der Waals surface area contributed by atoms with E-state index in [1.165, 1.54) is 0 Å². The number of nitrogens with zero attached hydrogens (tertiary/aromatic N) is 1. The Morgan fingerprint density at radius 1 is 1.69 bits per heavy atom. The van der Waals surface area contributed by atoms with Gasteiger partial charge in [0.25, 0.3) is 0 Å². The highest BCUT2D eigenvalue weighted by molar-refractivity contribution is 5.87. The molecule has 0 aromatic carbocycles. The third kappa shape index (κ3) is 1.72. The van der Waals surface area contributed by atoms with Crippen molar-refractivity contribution in [2.75, 3.05) is 6.54 Å². The molecule has 0 amide bonds. The van der Waals surface area contributed by atoms with Gasteiger partial charge in [0.2, 0.25) is 0 Å². The summed E-state index contributed by atoms with van der Waals surface area (Å²) < 4.78 is 1.69. The van der Waals surface area contributed by atoms with Gasteiger partial charge in [0.1, 0.15) is 5.69 Å². The van der Waals surface area contributed by atoms with Crippen molar-refractivity contribution < 1.29 is 9.90 Å². The second-order valence-electron chi connectivity index (χ2n) is 3.07. The number of carbonyl (C=O) groups is 1. The summed E-state index contributed by atoms with van der Waals surface area (Å²) in [4.78, 5) is 10.8. The van der Waals surface area contributed by atoms with Crippen LogP contribution in [0.25, 0.3) is 0 Å². The quantitative estimate of drug-likeness (QED) is 0.716. The Bertz CT molecular complexity index is 329. The van der Waals surface area contributed by atoms with Crippen LogP contribution in [0.2, 0.25) is 0 Å². The van der Waals surface area contributed by atoms with E-state index in [9.17, 15) is 4.79 Å². The van der Waals surface area contributed by atoms with Gasteiger partial charge in [-0.15, -0.1) is 0 Å². The molecule has 1 aromatic heterocycles. The molecule has 13 heavy (non-hydrogen) atoms. The van der Waals surface area contributed by atoms with Crippen molar-refractivity contribution in [1.29, 1.82) is 0 Å². The van der Waals surface area contributed by atoms with Gasteiger partial charge in [-0.1, -0.05) is 0 Å². The molecule has 1 heterocycles. The van der Waals surface area contributed by atoms with Crippen LogP contribution in [0.1, 0.15) is 21.7 Å². The first-order chi connectivity index (χ1) is 6.07. The number of hydrogen-bond acceptors (Lipinski definition) is 2. The molecule has 1 aromatic rings. The van der Waals surface area contributed by atoms with Gasteiger partial charge in [-0.05, 0) is 31.5 Å². The molecule has 0 bridgehead atoms. The maximum Gasteiger partial charge on any atom is 0.352 e. The maximum absolute atomic E-state index is 10.8. The van der Waals surface area contributed by atoms with E-state index >= 15 is 0 Å². The molecule has 0 spiro atoms. The van der Waals surface area contributed by atoms with Crippen LogP contribution < -0.4 is 5.73 Å². The van der Waals surface area contributed by atoms with Crippen molar-refractivity contribution >= 4 is 5.97 Å². The predicted molar refractivity (Wildman–Crippen MR) is 49.9 cm³/mol. The van der Waals surface area contributed by atoms with E-state index in [2.05, 4.69) is 0 Å². The Morgan fingerprint density at radius 2 is 2.31 bits per heavy atom. The van der Waals surface area contributed by atoms with Crippen molar-refractivity contribution in [2.24, 2.45) is 12.8 Å². The fourth-order valence-corrected chi connectivity index (χ4v) is 1.52. The molecule has 0 aliphatic carbocycles. The molecule has 3 N–H and O–H groups in total. The van der Waals surface area contributed by atoms with Gasteiger partial charge in [0.15, 0.2) is 0 Å². The Labute approximate surface area is 77.0 Å². The molecular weight excluding hydrogens is 168 g/mol. The average molecular weight is 182 g/mol. The number of aromatic carboxylic acids is 1. The van der Waals surface area contributed by atoms with Crippen LogP contribution >= 0.6 is 0 Å². The number of carboxylic acids is 1. The van der Waals surface area contributed by atoms with Crippen LogP contribution in [0.15, 0.2) is 6.07 Å². The van der Waals surface area contributed by atoms with E-state index in [0.29, 0.717) is 18.7 Å². The second-order valence-corrected chi connectivity index (χ2v) is 3.07. The molecule has 0 aliphatic heterocycles. The highest BCUT2D eigenvalue weighted by atomic mass is 16.4. The van der Waals surface area contributed by atoms with Gasteiger partial charge in [0.05, 0.1) is 0 Å². The highest BCUT2D eigenvalue weighted by Crippen LogP contribution is 2.13. The minimum atomic E-state index is -0.886. The van der Waals surface area contributed by atoms with E-state index in [1.807, 2.05) is 6.07 Å². The first kappa shape index (κ1) is 9.80. The summed E-state index contributed by atoms with van der Waals surface area (Å²) in [6.07, 6.45) is 0.713. The number of aromatic nitrogens is 1. The van der Waals surface area contributed by atoms with Crippen LogP contribution in [-0.2, 0) is 13.5 Å². The van der Waals surface area contributed by atoms with E-state index in [4.69, 9.17) is 10.8 Å². The highest BCUT2D eigenvalue weighted by Gasteiger charge is 2.14. The fraction of sp³-hybridized carbons (Fsp3) is 0.444. The molecule has 0 atom stereocenters. The first-order valence-electron chi connectivity index (χ1n) is 4.16. The molecule has 0 saturated heterocycles. The molecule has 4 heteroatoms. The van der Waals surface area contributed by atoms with Gasteiger partial charge in [-0.2, -0.15) is 0 Å². The molecule has 0 saturated carbocycles. The zero-order valence-electron chi connectivity index (χ0n) is 7.87. The smallest absolute Gasteiger partial charge is 0.352 e. The number of carboxylic acid groups (broad SMARTS) is 1. The van der Waals surface area contributed by atoms with E-state index in [-0.39, 0.29) is 0 Å². The van der Waals surface area contributed by atoms with Crippen molar-refractivity contribution in [3.8, 4) is 0 Å². The lowest BCUT2D eigenvalue weighted by molar-refractivity contribution is 0.0685. The van der Waals surface area contributed by atoms with Gasteiger partial charge in [-0.25, -0.2) is 4.79 Å². The molecular formula is C9H14N2O2. The summed E-state index contributed by atoms with van der Waals surface area (Å²) in [5, 5.41) is 8.88. The number of aryl methyl sites for hydroxylation is 1. The Balaban J connectivity index is 3.14. The summed E-state index contributed by atoms with van der Waals surface area (Å²) in [7, 11) is 1.75. The number of rotatable bonds is 3. The van der Waals surface area contributed by atoms with Crippen LogP contribution in [0, 0.1) is 6.92 Å². The summed E-state index contributed by atoms with van der Waals surface area (Å²) >= 11 is 0. The first-order valence-corrected chi connectivity index (χ1v) is 4.16. The topological polar surface area (TPSA) is 68.2 Å². The molecule has 0 fully saturated rings. The number of nitrogens with two attached hydrogens (primary N) is 1. The Morgan fingerprint density at radius 3 is 2.69 bits per heavy atom. The van der Waals surface area contributed by atoms with Gasteiger partial charge in [0, 0.05) is 12.7 Å². The lowest BCUT2D eigenvalue weighted by Gasteiger charge is -2.03. The van der Waals surface area contributed by atoms with E-state index < -0.39 is 5.97 Å². The molecule has 0 radical (unpaired) electrons. The average Bonchev–Trinajstić information content (AvgIpc) is 2.28. The van der Waals surface area contributed by atoms with E-state index in [0.717, 1.165) is 11.3 Å². The molecule has 72 valence electrons. The zero-order chi connectivity index (χ0) is 10.0.